The number of aryl methyl sites for hydroxylation is 1. The number of rotatable bonds is 8. The second-order valence-electron chi connectivity index (χ2n) is 11.5. The summed E-state index contributed by atoms with van der Waals surface area (Å²) >= 11 is 9.85. The second-order valence-corrected chi connectivity index (χ2v) is 12.7. The molecule has 2 aromatic heterocycles. The van der Waals surface area contributed by atoms with E-state index in [4.69, 9.17) is 31.8 Å². The maximum Gasteiger partial charge on any atom is 0.251 e. The molecule has 4 N–H and O–H groups in total. The average molecular weight is 684 g/mol. The average Bonchev–Trinajstić information content (AvgIpc) is 3.80. The van der Waals surface area contributed by atoms with E-state index in [0.717, 1.165) is 10.2 Å². The first-order chi connectivity index (χ1) is 20.9. The standard InChI is InChI=1S/C32H29BrClFN4O5/c1-15-21(33)10-16-9-17(11-23(43-3)26(16)38-15)29(40)37-13-32(42,18-7-8-18)24-12-20-28(44-14-31(20,2)30(36)41)27(39-24)19-5-4-6-22(35)25(19)34/h4-6,9-12,18,42H,7-8,13-14H2,1-3H3,(H2,36,41)(H,37,40)/t31-,32+/m0/s1. The van der Waals surface area contributed by atoms with Gasteiger partial charge < -0.3 is 25.6 Å². The molecule has 2 aromatic carbocycles. The number of ether oxygens (including phenoxy) is 2. The molecular formula is C32H29BrClFN4O5. The molecule has 44 heavy (non-hydrogen) atoms. The highest BCUT2D eigenvalue weighted by Gasteiger charge is 2.50. The van der Waals surface area contributed by atoms with E-state index >= 15 is 0 Å². The van der Waals surface area contributed by atoms with E-state index in [9.17, 15) is 19.1 Å². The van der Waals surface area contributed by atoms with Gasteiger partial charge in [-0.2, -0.15) is 0 Å². The summed E-state index contributed by atoms with van der Waals surface area (Å²) in [6.45, 7) is 3.25. The molecule has 1 aliphatic heterocycles. The number of aromatic nitrogens is 2. The molecule has 4 aromatic rings. The van der Waals surface area contributed by atoms with E-state index in [1.807, 2.05) is 13.0 Å². The number of carbonyl (C=O) groups is 2. The van der Waals surface area contributed by atoms with Crippen LogP contribution in [0.4, 0.5) is 4.39 Å². The van der Waals surface area contributed by atoms with Crippen LogP contribution in [0.1, 0.15) is 47.1 Å². The van der Waals surface area contributed by atoms with E-state index in [-0.39, 0.29) is 46.8 Å². The fourth-order valence-corrected chi connectivity index (χ4v) is 6.16. The number of benzene rings is 2. The molecule has 0 bridgehead atoms. The van der Waals surface area contributed by atoms with Crippen molar-refractivity contribution in [2.75, 3.05) is 20.3 Å². The van der Waals surface area contributed by atoms with E-state index in [0.29, 0.717) is 40.6 Å². The van der Waals surface area contributed by atoms with Crippen LogP contribution in [0, 0.1) is 18.7 Å². The number of fused-ring (bicyclic) bond motifs is 2. The topological polar surface area (TPSA) is 137 Å². The Hall–Kier alpha value is -3.80. The van der Waals surface area contributed by atoms with Gasteiger partial charge in [0.05, 0.1) is 30.1 Å². The van der Waals surface area contributed by atoms with Crippen molar-refractivity contribution in [2.24, 2.45) is 11.7 Å². The zero-order valence-electron chi connectivity index (χ0n) is 24.1. The Kier molecular flexibility index (Phi) is 7.54. The number of aliphatic hydroxyl groups is 1. The van der Waals surface area contributed by atoms with Gasteiger partial charge in [-0.25, -0.2) is 14.4 Å². The molecular weight excluding hydrogens is 655 g/mol. The number of hydrogen-bond donors (Lipinski definition) is 3. The molecule has 1 saturated carbocycles. The Labute approximate surface area is 266 Å². The smallest absolute Gasteiger partial charge is 0.251 e. The summed E-state index contributed by atoms with van der Waals surface area (Å²) in [5, 5.41) is 15.6. The van der Waals surface area contributed by atoms with Crippen molar-refractivity contribution in [1.29, 1.82) is 0 Å². The molecule has 0 saturated heterocycles. The summed E-state index contributed by atoms with van der Waals surface area (Å²) in [6.07, 6.45) is 1.38. The molecule has 228 valence electrons. The largest absolute Gasteiger partial charge is 0.494 e. The Morgan fingerprint density at radius 1 is 1.27 bits per heavy atom. The zero-order valence-corrected chi connectivity index (χ0v) is 26.5. The fourth-order valence-electron chi connectivity index (χ4n) is 5.61. The van der Waals surface area contributed by atoms with Crippen molar-refractivity contribution in [3.8, 4) is 22.8 Å². The summed E-state index contributed by atoms with van der Waals surface area (Å²) in [6, 6.07) is 11.1. The highest BCUT2D eigenvalue weighted by Crippen LogP contribution is 2.50. The fraction of sp³-hybridized carbons (Fsp3) is 0.312. The number of amides is 2. The third-order valence-corrected chi connectivity index (χ3v) is 9.72. The van der Waals surface area contributed by atoms with Crippen molar-refractivity contribution >= 4 is 50.2 Å². The van der Waals surface area contributed by atoms with Crippen molar-refractivity contribution < 1.29 is 28.6 Å². The molecule has 0 unspecified atom stereocenters. The van der Waals surface area contributed by atoms with Gasteiger partial charge in [-0.1, -0.05) is 23.7 Å². The lowest BCUT2D eigenvalue weighted by atomic mass is 9.81. The second kappa shape index (κ2) is 11.0. The first kappa shape index (κ1) is 30.2. The van der Waals surface area contributed by atoms with Crippen molar-refractivity contribution in [2.45, 2.75) is 37.7 Å². The van der Waals surface area contributed by atoms with E-state index in [2.05, 4.69) is 26.2 Å². The third-order valence-electron chi connectivity index (χ3n) is 8.53. The number of pyridine rings is 2. The van der Waals surface area contributed by atoms with Crippen LogP contribution in [0.5, 0.6) is 11.5 Å². The molecule has 0 spiro atoms. The van der Waals surface area contributed by atoms with Crippen molar-refractivity contribution in [3.05, 3.63) is 80.3 Å². The van der Waals surface area contributed by atoms with Crippen LogP contribution in [-0.4, -0.2) is 47.2 Å². The number of halogens is 3. The predicted molar refractivity (Wildman–Crippen MR) is 166 cm³/mol. The molecule has 2 aliphatic rings. The van der Waals surface area contributed by atoms with Gasteiger partial charge in [0.25, 0.3) is 5.91 Å². The highest BCUT2D eigenvalue weighted by molar-refractivity contribution is 9.10. The number of primary amides is 1. The van der Waals surface area contributed by atoms with Crippen LogP contribution in [0.25, 0.3) is 22.2 Å². The monoisotopic (exact) mass is 682 g/mol. The molecule has 1 aliphatic carbocycles. The number of methoxy groups -OCH3 is 1. The first-order valence-electron chi connectivity index (χ1n) is 14.0. The Morgan fingerprint density at radius 2 is 2.02 bits per heavy atom. The molecule has 0 radical (unpaired) electrons. The molecule has 3 heterocycles. The Balaban J connectivity index is 1.41. The number of nitrogens with zero attached hydrogens (tertiary/aromatic N) is 2. The van der Waals surface area contributed by atoms with Crippen LogP contribution in [-0.2, 0) is 15.8 Å². The zero-order chi connectivity index (χ0) is 31.6. The molecule has 2 amide bonds. The van der Waals surface area contributed by atoms with Crippen LogP contribution in [0.3, 0.4) is 0 Å². The van der Waals surface area contributed by atoms with Crippen LogP contribution in [0.2, 0.25) is 5.02 Å². The summed E-state index contributed by atoms with van der Waals surface area (Å²) in [7, 11) is 1.51. The van der Waals surface area contributed by atoms with Gasteiger partial charge in [0.1, 0.15) is 46.1 Å². The summed E-state index contributed by atoms with van der Waals surface area (Å²) < 4.78 is 26.8. The lowest BCUT2D eigenvalue weighted by molar-refractivity contribution is -0.123. The van der Waals surface area contributed by atoms with Gasteiger partial charge in [0.15, 0.2) is 0 Å². The van der Waals surface area contributed by atoms with Gasteiger partial charge >= 0.3 is 0 Å². The maximum atomic E-state index is 14.5. The third kappa shape index (κ3) is 4.96. The van der Waals surface area contributed by atoms with Gasteiger partial charge in [-0.05, 0) is 78.9 Å². The minimum absolute atomic E-state index is 0.0599. The molecule has 12 heteroatoms. The lowest BCUT2D eigenvalue weighted by Crippen LogP contribution is -2.44. The Morgan fingerprint density at radius 3 is 2.70 bits per heavy atom. The van der Waals surface area contributed by atoms with E-state index in [1.54, 1.807) is 31.2 Å². The summed E-state index contributed by atoms with van der Waals surface area (Å²) in [5.74, 6) is -1.30. The maximum absolute atomic E-state index is 14.5. The SMILES string of the molecule is COc1cc(C(=O)NC[C@](O)(c2cc3c(c(-c4cccc(F)c4Cl)n2)OC[C@]3(C)C(N)=O)C2CC2)cc2cc(Br)c(C)nc12. The minimum atomic E-state index is -1.64. The highest BCUT2D eigenvalue weighted by atomic mass is 79.9. The van der Waals surface area contributed by atoms with E-state index < -0.39 is 28.6 Å². The Bertz CT molecular complexity index is 1870. The minimum Gasteiger partial charge on any atom is -0.494 e. The number of nitrogens with one attached hydrogen (secondary N) is 1. The van der Waals surface area contributed by atoms with E-state index in [1.165, 1.54) is 19.2 Å². The lowest BCUT2D eigenvalue weighted by Gasteiger charge is -2.30. The van der Waals surface area contributed by atoms with Crippen molar-refractivity contribution in [1.82, 2.24) is 15.3 Å². The van der Waals surface area contributed by atoms with Crippen LogP contribution in [0.15, 0.2) is 46.9 Å². The van der Waals surface area contributed by atoms with Crippen molar-refractivity contribution in [3.63, 3.8) is 0 Å². The molecule has 1 fully saturated rings. The summed E-state index contributed by atoms with van der Waals surface area (Å²) in [4.78, 5) is 35.4. The van der Waals surface area contributed by atoms with Gasteiger partial charge in [0.2, 0.25) is 5.91 Å². The van der Waals surface area contributed by atoms with Crippen LogP contribution >= 0.6 is 27.5 Å². The van der Waals surface area contributed by atoms with Crippen LogP contribution < -0.4 is 20.5 Å². The quantitative estimate of drug-likeness (QED) is 0.228. The number of nitrogens with two attached hydrogens (primary N) is 1. The van der Waals surface area contributed by atoms with Gasteiger partial charge in [-0.15, -0.1) is 0 Å². The normalized spacial score (nSPS) is 18.8. The van der Waals surface area contributed by atoms with Gasteiger partial charge in [0, 0.05) is 26.5 Å². The molecule has 9 nitrogen and oxygen atoms in total. The number of hydrogen-bond acceptors (Lipinski definition) is 7. The number of carbonyl (C=O) groups excluding carboxylic acids is 2. The van der Waals surface area contributed by atoms with Gasteiger partial charge in [-0.3, -0.25) is 9.59 Å². The first-order valence-corrected chi connectivity index (χ1v) is 15.1. The predicted octanol–water partition coefficient (Wildman–Crippen LogP) is 5.33. The molecule has 2 atom stereocenters. The summed E-state index contributed by atoms with van der Waals surface area (Å²) in [5.41, 5.74) is 5.63. The molecule has 6 rings (SSSR count).